The van der Waals surface area contributed by atoms with Crippen molar-refractivity contribution in [2.75, 3.05) is 11.9 Å². The van der Waals surface area contributed by atoms with Crippen LogP contribution in [-0.4, -0.2) is 28.9 Å². The first-order chi connectivity index (χ1) is 11.0. The number of aryl methyl sites for hydroxylation is 2. The summed E-state index contributed by atoms with van der Waals surface area (Å²) < 4.78 is 0. The molecule has 6 nitrogen and oxygen atoms in total. The predicted octanol–water partition coefficient (Wildman–Crippen LogP) is 2.28. The van der Waals surface area contributed by atoms with Gasteiger partial charge in [-0.15, -0.1) is 0 Å². The van der Waals surface area contributed by atoms with E-state index in [1.165, 1.54) is 18.3 Å². The molecule has 0 radical (unpaired) electrons. The van der Waals surface area contributed by atoms with Gasteiger partial charge in [-0.2, -0.15) is 5.10 Å². The quantitative estimate of drug-likeness (QED) is 0.503. The molecule has 0 bridgehead atoms. The Morgan fingerprint density at radius 2 is 1.87 bits per heavy atom. The lowest BCUT2D eigenvalue weighted by Crippen LogP contribution is -2.25. The number of benzene rings is 2. The zero-order valence-electron chi connectivity index (χ0n) is 13.0. The van der Waals surface area contributed by atoms with E-state index in [1.54, 1.807) is 6.92 Å². The van der Waals surface area contributed by atoms with Gasteiger partial charge < -0.3 is 15.5 Å². The van der Waals surface area contributed by atoms with Crippen LogP contribution in [-0.2, 0) is 4.79 Å². The fraction of sp³-hybridized carbons (Fsp3) is 0.176. The van der Waals surface area contributed by atoms with E-state index in [9.17, 15) is 15.0 Å². The minimum Gasteiger partial charge on any atom is -0.508 e. The predicted molar refractivity (Wildman–Crippen MR) is 89.9 cm³/mol. The lowest BCUT2D eigenvalue weighted by molar-refractivity contribution is -0.119. The molecule has 0 saturated heterocycles. The summed E-state index contributed by atoms with van der Waals surface area (Å²) >= 11 is 0. The highest BCUT2D eigenvalue weighted by Gasteiger charge is 2.05. The topological polar surface area (TPSA) is 94.0 Å². The number of aromatic hydroxyl groups is 2. The van der Waals surface area contributed by atoms with Crippen molar-refractivity contribution < 1.29 is 15.0 Å². The highest BCUT2D eigenvalue weighted by atomic mass is 16.3. The molecule has 0 unspecified atom stereocenters. The molecule has 0 fully saturated rings. The third kappa shape index (κ3) is 4.74. The van der Waals surface area contributed by atoms with Crippen molar-refractivity contribution in [3.8, 4) is 11.5 Å². The van der Waals surface area contributed by atoms with E-state index in [1.807, 2.05) is 31.2 Å². The van der Waals surface area contributed by atoms with Gasteiger partial charge in [0.25, 0.3) is 5.91 Å². The molecule has 0 aliphatic heterocycles. The molecular formula is C17H19N3O3. The number of amides is 1. The summed E-state index contributed by atoms with van der Waals surface area (Å²) in [4.78, 5) is 11.7. The van der Waals surface area contributed by atoms with Crippen molar-refractivity contribution in [3.63, 3.8) is 0 Å². The average Bonchev–Trinajstić information content (AvgIpc) is 2.49. The number of hydrogen-bond donors (Lipinski definition) is 4. The van der Waals surface area contributed by atoms with Gasteiger partial charge in [0.15, 0.2) is 0 Å². The van der Waals surface area contributed by atoms with Gasteiger partial charge in [-0.3, -0.25) is 4.79 Å². The molecule has 0 atom stereocenters. The van der Waals surface area contributed by atoms with Crippen LogP contribution in [0.5, 0.6) is 11.5 Å². The lowest BCUT2D eigenvalue weighted by atomic mass is 10.1. The minimum atomic E-state index is -0.308. The fourth-order valence-electron chi connectivity index (χ4n) is 1.99. The van der Waals surface area contributed by atoms with Crippen LogP contribution in [0.1, 0.15) is 16.7 Å². The standard InChI is InChI=1S/C17H19N3O3/c1-11-3-5-13(6-4-11)18-10-17(23)20-19-9-15-12(2)7-14(21)8-16(15)22/h3-9,18,21-22H,10H2,1-2H3,(H,20,23)/b19-9-. The number of nitrogens with zero attached hydrogens (tertiary/aromatic N) is 1. The van der Waals surface area contributed by atoms with Crippen LogP contribution in [0, 0.1) is 13.8 Å². The minimum absolute atomic E-state index is 0.0246. The first-order valence-electron chi connectivity index (χ1n) is 7.10. The highest BCUT2D eigenvalue weighted by molar-refractivity contribution is 5.87. The van der Waals surface area contributed by atoms with Gasteiger partial charge in [-0.05, 0) is 37.6 Å². The molecule has 2 aromatic rings. The summed E-state index contributed by atoms with van der Waals surface area (Å²) in [6.45, 7) is 3.80. The molecule has 0 aliphatic carbocycles. The number of carbonyl (C=O) groups is 1. The largest absolute Gasteiger partial charge is 0.508 e. The second-order valence-corrected chi connectivity index (χ2v) is 5.21. The van der Waals surface area contributed by atoms with Crippen LogP contribution in [0.2, 0.25) is 0 Å². The zero-order valence-corrected chi connectivity index (χ0v) is 13.0. The van der Waals surface area contributed by atoms with Crippen molar-refractivity contribution in [2.45, 2.75) is 13.8 Å². The Labute approximate surface area is 134 Å². The maximum absolute atomic E-state index is 11.7. The van der Waals surface area contributed by atoms with Crippen LogP contribution in [0.4, 0.5) is 5.69 Å². The molecular weight excluding hydrogens is 294 g/mol. The molecule has 0 aromatic heterocycles. The van der Waals surface area contributed by atoms with Gasteiger partial charge in [0.2, 0.25) is 0 Å². The van der Waals surface area contributed by atoms with Crippen LogP contribution in [0.3, 0.4) is 0 Å². The third-order valence-electron chi connectivity index (χ3n) is 3.24. The van der Waals surface area contributed by atoms with Crippen molar-refractivity contribution in [3.05, 3.63) is 53.1 Å². The van der Waals surface area contributed by atoms with Gasteiger partial charge in [0.05, 0.1) is 12.8 Å². The van der Waals surface area contributed by atoms with E-state index in [4.69, 9.17) is 0 Å². The normalized spacial score (nSPS) is 10.7. The van der Waals surface area contributed by atoms with E-state index in [0.29, 0.717) is 11.1 Å². The average molecular weight is 313 g/mol. The van der Waals surface area contributed by atoms with Crippen molar-refractivity contribution in [1.29, 1.82) is 0 Å². The Kier molecular flexibility index (Phi) is 5.19. The van der Waals surface area contributed by atoms with E-state index in [0.717, 1.165) is 11.3 Å². The van der Waals surface area contributed by atoms with E-state index < -0.39 is 0 Å². The zero-order chi connectivity index (χ0) is 16.8. The summed E-state index contributed by atoms with van der Waals surface area (Å²) in [5.74, 6) is -0.431. The number of hydrazone groups is 1. The fourth-order valence-corrected chi connectivity index (χ4v) is 1.99. The SMILES string of the molecule is Cc1ccc(NCC(=O)N/N=C\c2c(C)cc(O)cc2O)cc1. The molecule has 0 heterocycles. The molecule has 0 saturated carbocycles. The summed E-state index contributed by atoms with van der Waals surface area (Å²) in [7, 11) is 0. The molecule has 6 heteroatoms. The Bertz CT molecular complexity index is 701. The van der Waals surface area contributed by atoms with E-state index in [-0.39, 0.29) is 24.0 Å². The summed E-state index contributed by atoms with van der Waals surface area (Å²) in [6, 6.07) is 10.4. The number of rotatable bonds is 5. The molecule has 0 spiro atoms. The van der Waals surface area contributed by atoms with Crippen molar-refractivity contribution in [2.24, 2.45) is 5.10 Å². The third-order valence-corrected chi connectivity index (χ3v) is 3.24. The van der Waals surface area contributed by atoms with Crippen LogP contribution < -0.4 is 10.7 Å². The number of phenolic OH excluding ortho intramolecular Hbond substituents is 2. The van der Waals surface area contributed by atoms with Gasteiger partial charge in [-0.25, -0.2) is 5.43 Å². The molecule has 4 N–H and O–H groups in total. The van der Waals surface area contributed by atoms with Gasteiger partial charge in [0, 0.05) is 17.3 Å². The number of anilines is 1. The maximum Gasteiger partial charge on any atom is 0.259 e. The molecule has 1 amide bonds. The Morgan fingerprint density at radius 1 is 1.17 bits per heavy atom. The van der Waals surface area contributed by atoms with E-state index in [2.05, 4.69) is 15.8 Å². The molecule has 2 rings (SSSR count). The number of hydrogen-bond acceptors (Lipinski definition) is 5. The summed E-state index contributed by atoms with van der Waals surface area (Å²) in [5.41, 5.74) is 5.46. The number of phenols is 2. The van der Waals surface area contributed by atoms with Gasteiger partial charge in [0.1, 0.15) is 11.5 Å². The van der Waals surface area contributed by atoms with Crippen molar-refractivity contribution >= 4 is 17.8 Å². The van der Waals surface area contributed by atoms with Crippen LogP contribution in [0.15, 0.2) is 41.5 Å². The van der Waals surface area contributed by atoms with Crippen molar-refractivity contribution in [1.82, 2.24) is 5.43 Å². The molecule has 23 heavy (non-hydrogen) atoms. The maximum atomic E-state index is 11.7. The Morgan fingerprint density at radius 3 is 2.52 bits per heavy atom. The smallest absolute Gasteiger partial charge is 0.259 e. The molecule has 2 aromatic carbocycles. The number of carbonyl (C=O) groups excluding carboxylic acids is 1. The lowest BCUT2D eigenvalue weighted by Gasteiger charge is -2.06. The Hall–Kier alpha value is -3.02. The Balaban J connectivity index is 1.88. The van der Waals surface area contributed by atoms with E-state index >= 15 is 0 Å². The monoisotopic (exact) mass is 313 g/mol. The second-order valence-electron chi connectivity index (χ2n) is 5.21. The van der Waals surface area contributed by atoms with Crippen LogP contribution in [0.25, 0.3) is 0 Å². The molecule has 0 aliphatic rings. The van der Waals surface area contributed by atoms with Gasteiger partial charge >= 0.3 is 0 Å². The van der Waals surface area contributed by atoms with Crippen LogP contribution >= 0.6 is 0 Å². The highest BCUT2D eigenvalue weighted by Crippen LogP contribution is 2.24. The number of nitrogens with one attached hydrogen (secondary N) is 2. The summed E-state index contributed by atoms with van der Waals surface area (Å²) in [5, 5.41) is 25.9. The first-order valence-corrected chi connectivity index (χ1v) is 7.10. The van der Waals surface area contributed by atoms with Gasteiger partial charge in [-0.1, -0.05) is 17.7 Å². The first kappa shape index (κ1) is 16.4. The second kappa shape index (κ2) is 7.31. The molecule has 120 valence electrons. The summed E-state index contributed by atoms with van der Waals surface area (Å²) in [6.07, 6.45) is 1.34.